The molecule has 0 aliphatic rings. The lowest BCUT2D eigenvalue weighted by molar-refractivity contribution is 0.667. The zero-order valence-corrected chi connectivity index (χ0v) is 26.1. The third-order valence-electron chi connectivity index (χ3n) is 6.92. The first-order valence-corrected chi connectivity index (χ1v) is 17.1. The largest absolute Gasteiger partial charge is 0.192 e. The molecule has 0 bridgehead atoms. The fourth-order valence-electron chi connectivity index (χ4n) is 4.80. The van der Waals surface area contributed by atoms with Crippen LogP contribution in [0.4, 0.5) is 0 Å². The second-order valence-corrected chi connectivity index (χ2v) is 13.6. The van der Waals surface area contributed by atoms with Crippen LogP contribution in [-0.4, -0.2) is 0 Å². The monoisotopic (exact) mass is 598 g/mol. The first kappa shape index (κ1) is 29.7. The second kappa shape index (κ2) is 14.4. The minimum absolute atomic E-state index is 0.292. The summed E-state index contributed by atoms with van der Waals surface area (Å²) in [6.07, 6.45) is 11.3. The van der Waals surface area contributed by atoms with E-state index >= 15 is 0 Å². The van der Waals surface area contributed by atoms with E-state index in [9.17, 15) is 21.0 Å². The maximum absolute atomic E-state index is 10.2. The molecule has 4 aromatic heterocycles. The standard InChI is InChI=1S/C32H30N4S4/c1-3-5-7-9-11-21-15-27(38-20-21)29-23(16-33)24(17-34)31(39-29)32-26(19-36)25(18-35)30(40-32)28-22(13-14-37-28)12-10-8-6-4-2/h13-15,20H,3-12H2,1-2H3. The summed E-state index contributed by atoms with van der Waals surface area (Å²) in [4.78, 5) is 4.78. The summed E-state index contributed by atoms with van der Waals surface area (Å²) in [6.45, 7) is 4.40. The van der Waals surface area contributed by atoms with Crippen LogP contribution in [0.15, 0.2) is 22.9 Å². The third kappa shape index (κ3) is 6.23. The highest BCUT2D eigenvalue weighted by Gasteiger charge is 2.29. The van der Waals surface area contributed by atoms with Crippen molar-refractivity contribution in [1.29, 1.82) is 21.0 Å². The molecule has 0 amide bonds. The van der Waals surface area contributed by atoms with Crippen LogP contribution in [-0.2, 0) is 12.8 Å². The van der Waals surface area contributed by atoms with Crippen molar-refractivity contribution in [3.05, 3.63) is 56.3 Å². The number of nitriles is 4. The molecule has 0 unspecified atom stereocenters. The van der Waals surface area contributed by atoms with Crippen molar-refractivity contribution in [2.75, 3.05) is 0 Å². The van der Waals surface area contributed by atoms with Crippen LogP contribution < -0.4 is 0 Å². The Morgan fingerprint density at radius 1 is 0.600 bits per heavy atom. The average Bonchev–Trinajstić information content (AvgIpc) is 3.76. The summed E-state index contributed by atoms with van der Waals surface area (Å²) in [6, 6.07) is 13.3. The van der Waals surface area contributed by atoms with Gasteiger partial charge in [0.2, 0.25) is 0 Å². The second-order valence-electron chi connectivity index (χ2n) is 9.68. The summed E-state index contributed by atoms with van der Waals surface area (Å²) in [5.41, 5.74) is 3.75. The molecule has 4 nitrogen and oxygen atoms in total. The van der Waals surface area contributed by atoms with Crippen molar-refractivity contribution in [2.45, 2.75) is 78.1 Å². The van der Waals surface area contributed by atoms with Crippen LogP contribution >= 0.6 is 45.3 Å². The van der Waals surface area contributed by atoms with Gasteiger partial charge in [-0.15, -0.1) is 45.3 Å². The maximum Gasteiger partial charge on any atom is 0.102 e. The van der Waals surface area contributed by atoms with Gasteiger partial charge >= 0.3 is 0 Å². The van der Waals surface area contributed by atoms with Gasteiger partial charge < -0.3 is 0 Å². The molecule has 4 rings (SSSR count). The van der Waals surface area contributed by atoms with Crippen molar-refractivity contribution in [2.24, 2.45) is 0 Å². The summed E-state index contributed by atoms with van der Waals surface area (Å²) >= 11 is 5.98. The van der Waals surface area contributed by atoms with Crippen LogP contribution in [0.5, 0.6) is 0 Å². The molecule has 0 aromatic carbocycles. The van der Waals surface area contributed by atoms with E-state index in [1.54, 1.807) is 22.7 Å². The normalized spacial score (nSPS) is 10.7. The van der Waals surface area contributed by atoms with E-state index in [0.717, 1.165) is 45.2 Å². The number of aryl methyl sites for hydroxylation is 2. The van der Waals surface area contributed by atoms with E-state index in [1.165, 1.54) is 72.3 Å². The molecular formula is C32H30N4S4. The fraction of sp³-hybridized carbons (Fsp3) is 0.375. The van der Waals surface area contributed by atoms with Gasteiger partial charge in [0.25, 0.3) is 0 Å². The molecule has 0 spiro atoms. The lowest BCUT2D eigenvalue weighted by Gasteiger charge is -2.03. The molecule has 0 atom stereocenters. The van der Waals surface area contributed by atoms with E-state index in [2.05, 4.69) is 55.6 Å². The quantitative estimate of drug-likeness (QED) is 0.143. The molecule has 0 saturated carbocycles. The van der Waals surface area contributed by atoms with Crippen molar-refractivity contribution < 1.29 is 0 Å². The van der Waals surface area contributed by atoms with Gasteiger partial charge in [-0.05, 0) is 59.7 Å². The van der Waals surface area contributed by atoms with Crippen molar-refractivity contribution in [3.8, 4) is 53.5 Å². The molecule has 0 fully saturated rings. The topological polar surface area (TPSA) is 95.2 Å². The van der Waals surface area contributed by atoms with Crippen molar-refractivity contribution >= 4 is 45.3 Å². The smallest absolute Gasteiger partial charge is 0.102 e. The number of thiophene rings is 4. The van der Waals surface area contributed by atoms with E-state index in [1.807, 2.05) is 5.38 Å². The Morgan fingerprint density at radius 2 is 1.12 bits per heavy atom. The summed E-state index contributed by atoms with van der Waals surface area (Å²) in [5.74, 6) is 0. The number of hydrogen-bond acceptors (Lipinski definition) is 8. The third-order valence-corrected chi connectivity index (χ3v) is 11.7. The minimum atomic E-state index is 0.292. The van der Waals surface area contributed by atoms with Crippen LogP contribution in [0.2, 0.25) is 0 Å². The van der Waals surface area contributed by atoms with Crippen LogP contribution in [0.3, 0.4) is 0 Å². The lowest BCUT2D eigenvalue weighted by Crippen LogP contribution is -1.87. The van der Waals surface area contributed by atoms with Gasteiger partial charge in [-0.2, -0.15) is 21.0 Å². The predicted molar refractivity (Wildman–Crippen MR) is 169 cm³/mol. The first-order valence-electron chi connectivity index (χ1n) is 13.7. The molecule has 40 heavy (non-hydrogen) atoms. The maximum atomic E-state index is 10.2. The average molecular weight is 599 g/mol. The number of nitrogens with zero attached hydrogens (tertiary/aromatic N) is 4. The Hall–Kier alpha value is -3.24. The molecule has 8 heteroatoms. The van der Waals surface area contributed by atoms with E-state index < -0.39 is 0 Å². The zero-order valence-electron chi connectivity index (χ0n) is 22.8. The molecular weight excluding hydrogens is 569 g/mol. The minimum Gasteiger partial charge on any atom is -0.192 e. The van der Waals surface area contributed by atoms with Gasteiger partial charge in [0, 0.05) is 9.75 Å². The summed E-state index contributed by atoms with van der Waals surface area (Å²) < 4.78 is 0. The highest BCUT2D eigenvalue weighted by molar-refractivity contribution is 7.28. The zero-order chi connectivity index (χ0) is 28.5. The number of unbranched alkanes of at least 4 members (excludes halogenated alkanes) is 6. The van der Waals surface area contributed by atoms with Gasteiger partial charge in [-0.1, -0.05) is 52.4 Å². The summed E-state index contributed by atoms with van der Waals surface area (Å²) in [5, 5.41) is 44.8. The Kier molecular flexibility index (Phi) is 10.7. The SMILES string of the molecule is CCCCCCc1csc(-c2sc(-c3sc(-c4sccc4CCCCCC)c(C#N)c3C#N)c(C#N)c2C#N)c1. The Balaban J connectivity index is 1.77. The molecule has 0 saturated heterocycles. The Bertz CT molecular complexity index is 1640. The first-order chi connectivity index (χ1) is 19.6. The Labute approximate surface area is 253 Å². The highest BCUT2D eigenvalue weighted by atomic mass is 32.1. The molecule has 0 N–H and O–H groups in total. The lowest BCUT2D eigenvalue weighted by atomic mass is 10.0. The molecule has 0 aliphatic carbocycles. The van der Waals surface area contributed by atoms with Crippen LogP contribution in [0.25, 0.3) is 29.3 Å². The molecule has 4 aromatic rings. The van der Waals surface area contributed by atoms with Gasteiger partial charge in [-0.3, -0.25) is 0 Å². The van der Waals surface area contributed by atoms with E-state index in [4.69, 9.17) is 0 Å². The number of rotatable bonds is 13. The molecule has 4 heterocycles. The molecule has 0 radical (unpaired) electrons. The fourth-order valence-corrected chi connectivity index (χ4v) is 9.56. The van der Waals surface area contributed by atoms with Gasteiger partial charge in [0.05, 0.1) is 41.8 Å². The van der Waals surface area contributed by atoms with Gasteiger partial charge in [0.15, 0.2) is 0 Å². The summed E-state index contributed by atoms with van der Waals surface area (Å²) in [7, 11) is 0. The number of hydrogen-bond donors (Lipinski definition) is 0. The molecule has 202 valence electrons. The van der Waals surface area contributed by atoms with Crippen LogP contribution in [0.1, 0.15) is 98.6 Å². The van der Waals surface area contributed by atoms with Crippen LogP contribution in [0, 0.1) is 45.3 Å². The van der Waals surface area contributed by atoms with Crippen molar-refractivity contribution in [3.63, 3.8) is 0 Å². The van der Waals surface area contributed by atoms with E-state index in [-0.39, 0.29) is 0 Å². The predicted octanol–water partition coefficient (Wildman–Crippen LogP) is 10.7. The van der Waals surface area contributed by atoms with E-state index in [0.29, 0.717) is 32.0 Å². The van der Waals surface area contributed by atoms with Crippen molar-refractivity contribution in [1.82, 2.24) is 0 Å². The Morgan fingerprint density at radius 3 is 1.70 bits per heavy atom. The van der Waals surface area contributed by atoms with Gasteiger partial charge in [0.1, 0.15) is 24.3 Å². The van der Waals surface area contributed by atoms with Gasteiger partial charge in [-0.25, -0.2) is 0 Å². The highest BCUT2D eigenvalue weighted by Crippen LogP contribution is 2.50. The molecule has 0 aliphatic heterocycles.